The van der Waals surface area contributed by atoms with Crippen LogP contribution in [0.2, 0.25) is 0 Å². The summed E-state index contributed by atoms with van der Waals surface area (Å²) in [5.41, 5.74) is 3.11. The molecule has 0 atom stereocenters. The number of urea groups is 1. The van der Waals surface area contributed by atoms with Crippen molar-refractivity contribution in [2.24, 2.45) is 0 Å². The highest BCUT2D eigenvalue weighted by atomic mass is 16.5. The minimum atomic E-state index is -0.504. The molecule has 0 aliphatic rings. The smallest absolute Gasteiger partial charge is 0.324 e. The summed E-state index contributed by atoms with van der Waals surface area (Å²) in [6, 6.07) is 28.6. The lowest BCUT2D eigenvalue weighted by molar-refractivity contribution is 0.262. The summed E-state index contributed by atoms with van der Waals surface area (Å²) >= 11 is 0. The molecule has 6 rings (SSSR count). The number of hydrogen-bond acceptors (Lipinski definition) is 8. The Labute approximate surface area is 246 Å². The molecule has 2 amide bonds. The molecule has 0 saturated carbocycles. The van der Waals surface area contributed by atoms with Crippen LogP contribution in [0.15, 0.2) is 103 Å². The van der Waals surface area contributed by atoms with Gasteiger partial charge in [-0.05, 0) is 43.3 Å². The average molecular weight is 574 g/mol. The van der Waals surface area contributed by atoms with Crippen LogP contribution < -0.4 is 25.4 Å². The molecule has 0 aliphatic carbocycles. The van der Waals surface area contributed by atoms with Gasteiger partial charge >= 0.3 is 6.03 Å². The summed E-state index contributed by atoms with van der Waals surface area (Å²) in [4.78, 5) is 21.8. The lowest BCUT2D eigenvalue weighted by Gasteiger charge is -2.14. The molecular weight excluding hydrogens is 546 g/mol. The predicted molar refractivity (Wildman–Crippen MR) is 165 cm³/mol. The zero-order valence-electron chi connectivity index (χ0n) is 23.3. The molecule has 0 saturated heterocycles. The first-order valence-corrected chi connectivity index (χ1v) is 13.3. The molecule has 6 aromatic rings. The molecule has 43 heavy (non-hydrogen) atoms. The number of aryl methyl sites for hydroxylation is 1. The van der Waals surface area contributed by atoms with Gasteiger partial charge in [-0.2, -0.15) is 4.98 Å². The molecule has 0 bridgehead atoms. The van der Waals surface area contributed by atoms with E-state index in [1.54, 1.807) is 31.5 Å². The fraction of sp³-hybridized carbons (Fsp3) is 0.0625. The molecular formula is C32H27N7O4. The predicted octanol–water partition coefficient (Wildman–Crippen LogP) is 7.02. The van der Waals surface area contributed by atoms with E-state index in [0.29, 0.717) is 40.5 Å². The molecule has 0 unspecified atom stereocenters. The molecule has 2 heterocycles. The molecule has 0 radical (unpaired) electrons. The van der Waals surface area contributed by atoms with E-state index in [0.717, 1.165) is 22.0 Å². The number of rotatable bonds is 8. The molecule has 11 nitrogen and oxygen atoms in total. The van der Waals surface area contributed by atoms with E-state index in [9.17, 15) is 9.90 Å². The van der Waals surface area contributed by atoms with Crippen LogP contribution in [0.1, 0.15) is 5.56 Å². The Morgan fingerprint density at radius 3 is 2.51 bits per heavy atom. The third-order valence-corrected chi connectivity index (χ3v) is 6.52. The van der Waals surface area contributed by atoms with Gasteiger partial charge in [-0.3, -0.25) is 5.32 Å². The van der Waals surface area contributed by atoms with E-state index in [-0.39, 0.29) is 5.88 Å². The second kappa shape index (κ2) is 11.8. The molecule has 0 spiro atoms. The first-order chi connectivity index (χ1) is 20.9. The van der Waals surface area contributed by atoms with Gasteiger partial charge in [0.05, 0.1) is 18.5 Å². The van der Waals surface area contributed by atoms with E-state index in [2.05, 4.69) is 31.0 Å². The molecule has 214 valence electrons. The summed E-state index contributed by atoms with van der Waals surface area (Å²) in [7, 11) is 1.61. The largest absolute Gasteiger partial charge is 0.497 e. The number of nitrogens with zero attached hydrogens (tertiary/aromatic N) is 4. The Morgan fingerprint density at radius 2 is 1.70 bits per heavy atom. The highest BCUT2D eigenvalue weighted by Gasteiger charge is 2.15. The van der Waals surface area contributed by atoms with Crippen LogP contribution in [0.3, 0.4) is 0 Å². The number of ether oxygens (including phenoxy) is 2. The number of nitrogens with one attached hydrogen (secondary N) is 3. The number of carbonyl (C=O) groups is 1. The summed E-state index contributed by atoms with van der Waals surface area (Å²) < 4.78 is 12.9. The minimum absolute atomic E-state index is 0.214. The zero-order chi connectivity index (χ0) is 29.8. The SMILES string of the molecule is COc1cccc(Nc2nccc(Oc3ccc(NC(=O)Nc4cc(O)nn4-c4ccc(C)cc4)c4ccccc34)n2)c1. The highest BCUT2D eigenvalue weighted by molar-refractivity contribution is 6.07. The summed E-state index contributed by atoms with van der Waals surface area (Å²) in [6.45, 7) is 1.98. The van der Waals surface area contributed by atoms with Crippen LogP contribution >= 0.6 is 0 Å². The maximum absolute atomic E-state index is 13.1. The van der Waals surface area contributed by atoms with Crippen molar-refractivity contribution in [2.75, 3.05) is 23.1 Å². The fourth-order valence-corrected chi connectivity index (χ4v) is 4.48. The number of carbonyl (C=O) groups excluding carboxylic acids is 1. The maximum atomic E-state index is 13.1. The van der Waals surface area contributed by atoms with Crippen LogP contribution in [-0.2, 0) is 0 Å². The Morgan fingerprint density at radius 1 is 0.884 bits per heavy atom. The van der Waals surface area contributed by atoms with Gasteiger partial charge in [-0.25, -0.2) is 14.5 Å². The molecule has 0 fully saturated rings. The van der Waals surface area contributed by atoms with Crippen molar-refractivity contribution >= 4 is 39.9 Å². The lowest BCUT2D eigenvalue weighted by atomic mass is 10.1. The molecule has 4 N–H and O–H groups in total. The van der Waals surface area contributed by atoms with Crippen molar-refractivity contribution in [3.63, 3.8) is 0 Å². The van der Waals surface area contributed by atoms with Crippen molar-refractivity contribution < 1.29 is 19.4 Å². The Hall–Kier alpha value is -6.10. The zero-order valence-corrected chi connectivity index (χ0v) is 23.3. The van der Waals surface area contributed by atoms with Crippen LogP contribution in [-0.4, -0.2) is 38.0 Å². The number of aromatic hydroxyl groups is 1. The standard InChI is InChI=1S/C32H27N7O4/c1-20-10-12-22(13-11-20)39-28(19-29(40)38-39)36-32(41)35-26-14-15-27(25-9-4-3-8-24(25)26)43-30-16-17-33-31(37-30)34-21-6-5-7-23(18-21)42-2/h3-19H,1-2H3,(H,38,40)(H,33,34,37)(H2,35,36,41). The maximum Gasteiger partial charge on any atom is 0.324 e. The van der Waals surface area contributed by atoms with Crippen molar-refractivity contribution in [2.45, 2.75) is 6.92 Å². The molecule has 4 aromatic carbocycles. The Bertz CT molecular complexity index is 1920. The number of methoxy groups -OCH3 is 1. The summed E-state index contributed by atoms with van der Waals surface area (Å²) in [5.74, 6) is 2.06. The van der Waals surface area contributed by atoms with Gasteiger partial charge in [-0.15, -0.1) is 5.10 Å². The van der Waals surface area contributed by atoms with Crippen LogP contribution in [0, 0.1) is 6.92 Å². The highest BCUT2D eigenvalue weighted by Crippen LogP contribution is 2.34. The van der Waals surface area contributed by atoms with Gasteiger partial charge in [0.1, 0.15) is 17.3 Å². The number of benzene rings is 4. The number of aromatic nitrogens is 4. The van der Waals surface area contributed by atoms with Gasteiger partial charge in [-0.1, -0.05) is 48.0 Å². The van der Waals surface area contributed by atoms with Crippen molar-refractivity contribution in [1.29, 1.82) is 0 Å². The van der Waals surface area contributed by atoms with E-state index in [1.165, 1.54) is 10.7 Å². The van der Waals surface area contributed by atoms with Crippen molar-refractivity contribution in [3.05, 3.63) is 109 Å². The molecule has 2 aromatic heterocycles. The third-order valence-electron chi connectivity index (χ3n) is 6.52. The minimum Gasteiger partial charge on any atom is -0.497 e. The average Bonchev–Trinajstić information content (AvgIpc) is 3.38. The summed E-state index contributed by atoms with van der Waals surface area (Å²) in [5, 5.41) is 24.5. The van der Waals surface area contributed by atoms with Gasteiger partial charge in [0, 0.05) is 40.9 Å². The van der Waals surface area contributed by atoms with Crippen LogP contribution in [0.5, 0.6) is 23.3 Å². The van der Waals surface area contributed by atoms with Gasteiger partial charge < -0.3 is 25.2 Å². The Kier molecular flexibility index (Phi) is 7.43. The second-order valence-corrected chi connectivity index (χ2v) is 9.55. The third kappa shape index (κ3) is 6.15. The first kappa shape index (κ1) is 27.1. The Balaban J connectivity index is 1.21. The normalized spacial score (nSPS) is 10.7. The van der Waals surface area contributed by atoms with Crippen molar-refractivity contribution in [3.8, 4) is 28.9 Å². The molecule has 0 aliphatic heterocycles. The van der Waals surface area contributed by atoms with Crippen LogP contribution in [0.4, 0.5) is 27.9 Å². The van der Waals surface area contributed by atoms with Crippen LogP contribution in [0.25, 0.3) is 16.5 Å². The van der Waals surface area contributed by atoms with Gasteiger partial charge in [0.25, 0.3) is 0 Å². The number of fused-ring (bicyclic) bond motifs is 1. The number of anilines is 4. The van der Waals surface area contributed by atoms with E-state index < -0.39 is 6.03 Å². The molecule has 11 heteroatoms. The second-order valence-electron chi connectivity index (χ2n) is 9.55. The fourth-order valence-electron chi connectivity index (χ4n) is 4.48. The summed E-state index contributed by atoms with van der Waals surface area (Å²) in [6.07, 6.45) is 1.60. The van der Waals surface area contributed by atoms with Crippen molar-refractivity contribution in [1.82, 2.24) is 19.7 Å². The lowest BCUT2D eigenvalue weighted by Crippen LogP contribution is -2.21. The van der Waals surface area contributed by atoms with Gasteiger partial charge in [0.2, 0.25) is 17.7 Å². The number of hydrogen-bond donors (Lipinski definition) is 4. The topological polar surface area (TPSA) is 135 Å². The first-order valence-electron chi connectivity index (χ1n) is 13.3. The quantitative estimate of drug-likeness (QED) is 0.153. The van der Waals surface area contributed by atoms with Gasteiger partial charge in [0.15, 0.2) is 0 Å². The van der Waals surface area contributed by atoms with E-state index in [1.807, 2.05) is 79.7 Å². The number of amides is 2. The monoisotopic (exact) mass is 573 g/mol. The van der Waals surface area contributed by atoms with E-state index >= 15 is 0 Å². The van der Waals surface area contributed by atoms with E-state index in [4.69, 9.17) is 9.47 Å².